The molecule has 3 unspecified atom stereocenters. The lowest BCUT2D eigenvalue weighted by atomic mass is 10.1. The fraction of sp³-hybridized carbons (Fsp3) is 0.688. The summed E-state index contributed by atoms with van der Waals surface area (Å²) >= 11 is 1.51. The van der Waals surface area contributed by atoms with Gasteiger partial charge in [-0.1, -0.05) is 0 Å². The lowest BCUT2D eigenvalue weighted by molar-refractivity contribution is -0.143. The molecule has 0 aromatic carbocycles. The Kier molecular flexibility index (Phi) is 10.3. The van der Waals surface area contributed by atoms with Crippen LogP contribution in [-0.2, 0) is 24.0 Å². The molecule has 1 aliphatic heterocycles. The Balaban J connectivity index is 2.56. The van der Waals surface area contributed by atoms with Crippen molar-refractivity contribution in [2.75, 3.05) is 25.1 Å². The van der Waals surface area contributed by atoms with Crippen LogP contribution in [0, 0.1) is 0 Å². The van der Waals surface area contributed by atoms with Gasteiger partial charge in [-0.3, -0.25) is 19.2 Å². The van der Waals surface area contributed by atoms with Crippen molar-refractivity contribution in [2.45, 2.75) is 43.8 Å². The molecule has 0 aromatic heterocycles. The molecule has 11 nitrogen and oxygen atoms in total. The maximum atomic E-state index is 12.4. The number of hydrogen-bond donors (Lipinski definition) is 6. The molecule has 1 heterocycles. The van der Waals surface area contributed by atoms with E-state index in [0.29, 0.717) is 18.6 Å². The fourth-order valence-corrected chi connectivity index (χ4v) is 3.09. The van der Waals surface area contributed by atoms with E-state index < -0.39 is 48.7 Å². The number of rotatable bonds is 12. The van der Waals surface area contributed by atoms with E-state index >= 15 is 0 Å². The first-order valence-corrected chi connectivity index (χ1v) is 10.2. The van der Waals surface area contributed by atoms with Crippen molar-refractivity contribution >= 4 is 41.4 Å². The summed E-state index contributed by atoms with van der Waals surface area (Å²) in [5.41, 5.74) is 4.94. The summed E-state index contributed by atoms with van der Waals surface area (Å²) in [5, 5.41) is 19.2. The highest BCUT2D eigenvalue weighted by molar-refractivity contribution is 7.98. The minimum atomic E-state index is -1.47. The number of carbonyl (C=O) groups excluding carboxylic acids is 4. The van der Waals surface area contributed by atoms with Crippen molar-refractivity contribution in [3.8, 4) is 0 Å². The molecule has 0 saturated carbocycles. The molecule has 0 spiro atoms. The number of thioether (sulfide) groups is 1. The smallest absolute Gasteiger partial charge is 0.326 e. The molecule has 1 saturated heterocycles. The van der Waals surface area contributed by atoms with E-state index in [-0.39, 0.29) is 11.9 Å². The largest absolute Gasteiger partial charge is 0.480 e. The van der Waals surface area contributed by atoms with Crippen LogP contribution in [-0.4, -0.2) is 77.9 Å². The molecule has 0 bridgehead atoms. The van der Waals surface area contributed by atoms with Crippen LogP contribution in [0.2, 0.25) is 0 Å². The average Bonchev–Trinajstić information content (AvgIpc) is 3.16. The number of nitrogens with two attached hydrogens (primary N) is 1. The van der Waals surface area contributed by atoms with E-state index in [2.05, 4.69) is 21.3 Å². The Labute approximate surface area is 166 Å². The van der Waals surface area contributed by atoms with E-state index in [0.717, 1.165) is 13.0 Å². The van der Waals surface area contributed by atoms with Crippen molar-refractivity contribution < 1.29 is 29.1 Å². The molecule has 1 fully saturated rings. The molecule has 4 amide bonds. The second kappa shape index (κ2) is 12.2. The molecule has 7 N–H and O–H groups in total. The zero-order valence-electron chi connectivity index (χ0n) is 15.7. The summed E-state index contributed by atoms with van der Waals surface area (Å²) in [7, 11) is 0. The maximum absolute atomic E-state index is 12.4. The minimum Gasteiger partial charge on any atom is -0.480 e. The molecular formula is C16H27N5O6S. The van der Waals surface area contributed by atoms with Crippen LogP contribution >= 0.6 is 11.8 Å². The predicted molar refractivity (Wildman–Crippen MR) is 102 cm³/mol. The van der Waals surface area contributed by atoms with Gasteiger partial charge < -0.3 is 32.1 Å². The third kappa shape index (κ3) is 8.57. The Hall–Kier alpha value is -2.34. The molecular weight excluding hydrogens is 390 g/mol. The summed E-state index contributed by atoms with van der Waals surface area (Å²) in [5.74, 6) is -3.25. The van der Waals surface area contributed by atoms with Gasteiger partial charge in [-0.15, -0.1) is 0 Å². The number of aliphatic carboxylic acids is 1. The molecule has 28 heavy (non-hydrogen) atoms. The minimum absolute atomic E-state index is 0.268. The number of hydrogen-bond acceptors (Lipinski definition) is 7. The van der Waals surface area contributed by atoms with Crippen molar-refractivity contribution in [1.29, 1.82) is 0 Å². The SMILES string of the molecule is CSCCC(NC(=O)C1CCCN1)C(=O)NCC(=O)NC(CC(N)=O)C(=O)O. The number of carboxylic acids is 1. The molecule has 158 valence electrons. The number of carboxylic acid groups (broad SMARTS) is 1. The lowest BCUT2D eigenvalue weighted by Gasteiger charge is -2.20. The van der Waals surface area contributed by atoms with Crippen LogP contribution in [0.3, 0.4) is 0 Å². The zero-order chi connectivity index (χ0) is 21.1. The Morgan fingerprint density at radius 2 is 1.93 bits per heavy atom. The Bertz CT molecular complexity index is 596. The predicted octanol–water partition coefficient (Wildman–Crippen LogP) is -2.46. The first-order chi connectivity index (χ1) is 13.2. The van der Waals surface area contributed by atoms with E-state index in [1.54, 1.807) is 0 Å². The van der Waals surface area contributed by atoms with Crippen LogP contribution in [0.15, 0.2) is 0 Å². The van der Waals surface area contributed by atoms with Crippen LogP contribution < -0.4 is 27.0 Å². The van der Waals surface area contributed by atoms with Gasteiger partial charge in [0.05, 0.1) is 19.0 Å². The zero-order valence-corrected chi connectivity index (χ0v) is 16.5. The number of amides is 4. The molecule has 0 aliphatic carbocycles. The van der Waals surface area contributed by atoms with E-state index in [1.807, 2.05) is 6.26 Å². The number of primary amides is 1. The second-order valence-electron chi connectivity index (χ2n) is 6.34. The quantitative estimate of drug-likeness (QED) is 0.202. The average molecular weight is 417 g/mol. The van der Waals surface area contributed by atoms with Crippen molar-refractivity contribution in [3.63, 3.8) is 0 Å². The van der Waals surface area contributed by atoms with Gasteiger partial charge in [0.1, 0.15) is 12.1 Å². The van der Waals surface area contributed by atoms with Gasteiger partial charge in [-0.25, -0.2) is 4.79 Å². The highest BCUT2D eigenvalue weighted by Crippen LogP contribution is 2.07. The van der Waals surface area contributed by atoms with E-state index in [4.69, 9.17) is 10.8 Å². The van der Waals surface area contributed by atoms with Gasteiger partial charge in [0.25, 0.3) is 0 Å². The first-order valence-electron chi connectivity index (χ1n) is 8.85. The van der Waals surface area contributed by atoms with Gasteiger partial charge in [-0.2, -0.15) is 11.8 Å². The molecule has 1 aliphatic rings. The maximum Gasteiger partial charge on any atom is 0.326 e. The lowest BCUT2D eigenvalue weighted by Crippen LogP contribution is -2.53. The summed E-state index contributed by atoms with van der Waals surface area (Å²) in [6.45, 7) is 0.255. The third-order valence-corrected chi connectivity index (χ3v) is 4.73. The topological polar surface area (TPSA) is 180 Å². The number of nitrogens with one attached hydrogen (secondary N) is 4. The Morgan fingerprint density at radius 3 is 2.46 bits per heavy atom. The van der Waals surface area contributed by atoms with Crippen LogP contribution in [0.4, 0.5) is 0 Å². The summed E-state index contributed by atoms with van der Waals surface area (Å²) in [4.78, 5) is 58.4. The highest BCUT2D eigenvalue weighted by Gasteiger charge is 2.28. The molecule has 1 rings (SSSR count). The molecule has 3 atom stereocenters. The monoisotopic (exact) mass is 417 g/mol. The van der Waals surface area contributed by atoms with Gasteiger partial charge in [0, 0.05) is 0 Å². The third-order valence-electron chi connectivity index (χ3n) is 4.08. The summed E-state index contributed by atoms with van der Waals surface area (Å²) in [6.07, 6.45) is 3.27. The van der Waals surface area contributed by atoms with Gasteiger partial charge in [0.2, 0.25) is 23.6 Å². The molecule has 0 aromatic rings. The summed E-state index contributed by atoms with van der Waals surface area (Å²) in [6, 6.07) is -2.61. The Morgan fingerprint density at radius 1 is 1.21 bits per heavy atom. The van der Waals surface area contributed by atoms with Gasteiger partial charge >= 0.3 is 5.97 Å². The fourth-order valence-electron chi connectivity index (χ4n) is 2.62. The van der Waals surface area contributed by atoms with Crippen molar-refractivity contribution in [1.82, 2.24) is 21.3 Å². The normalized spacial score (nSPS) is 18.0. The standard InChI is InChI=1S/C16H27N5O6S/c1-28-6-4-10(21-15(25)9-3-2-5-18-9)14(24)19-8-13(23)20-11(16(26)27)7-12(17)22/h9-11,18H,2-8H2,1H3,(H2,17,22)(H,19,24)(H,20,23)(H,21,25)(H,26,27). The molecule has 12 heteroatoms. The van der Waals surface area contributed by atoms with Crippen LogP contribution in [0.25, 0.3) is 0 Å². The first kappa shape index (κ1) is 23.7. The molecule has 0 radical (unpaired) electrons. The summed E-state index contributed by atoms with van der Waals surface area (Å²) < 4.78 is 0. The van der Waals surface area contributed by atoms with E-state index in [1.165, 1.54) is 11.8 Å². The van der Waals surface area contributed by atoms with Gasteiger partial charge in [0.15, 0.2) is 0 Å². The van der Waals surface area contributed by atoms with Crippen molar-refractivity contribution in [3.05, 3.63) is 0 Å². The second-order valence-corrected chi connectivity index (χ2v) is 7.32. The number of carbonyl (C=O) groups is 5. The highest BCUT2D eigenvalue weighted by atomic mass is 32.2. The van der Waals surface area contributed by atoms with Gasteiger partial charge in [-0.05, 0) is 37.8 Å². The van der Waals surface area contributed by atoms with E-state index in [9.17, 15) is 24.0 Å². The van der Waals surface area contributed by atoms with Crippen LogP contribution in [0.5, 0.6) is 0 Å². The van der Waals surface area contributed by atoms with Crippen LogP contribution in [0.1, 0.15) is 25.7 Å². The van der Waals surface area contributed by atoms with Crippen molar-refractivity contribution in [2.24, 2.45) is 5.73 Å².